The molecule has 2 atom stereocenters. The van der Waals surface area contributed by atoms with E-state index in [2.05, 4.69) is 5.43 Å². The van der Waals surface area contributed by atoms with Crippen LogP contribution in [0.25, 0.3) is 0 Å². The van der Waals surface area contributed by atoms with Gasteiger partial charge in [-0.1, -0.05) is 29.8 Å². The van der Waals surface area contributed by atoms with Crippen LogP contribution in [-0.4, -0.2) is 36.1 Å². The van der Waals surface area contributed by atoms with Crippen molar-refractivity contribution in [2.75, 3.05) is 14.2 Å². The van der Waals surface area contributed by atoms with Crippen molar-refractivity contribution in [1.29, 1.82) is 0 Å². The highest BCUT2D eigenvalue weighted by molar-refractivity contribution is 6.30. The molecule has 28 heavy (non-hydrogen) atoms. The molecule has 1 amide bonds. The van der Waals surface area contributed by atoms with Crippen LogP contribution in [0.1, 0.15) is 23.6 Å². The number of carbonyl (C=O) groups is 1. The van der Waals surface area contributed by atoms with Crippen molar-refractivity contribution in [3.05, 3.63) is 71.0 Å². The van der Waals surface area contributed by atoms with E-state index >= 15 is 0 Å². The normalized spacial score (nSPS) is 21.0. The van der Waals surface area contributed by atoms with Crippen LogP contribution < -0.4 is 14.9 Å². The summed E-state index contributed by atoms with van der Waals surface area (Å²) >= 11 is 5.94. The summed E-state index contributed by atoms with van der Waals surface area (Å²) in [7, 11) is 3.23. The van der Waals surface area contributed by atoms with Crippen LogP contribution in [0.3, 0.4) is 0 Å². The van der Waals surface area contributed by atoms with Gasteiger partial charge in [0.15, 0.2) is 11.5 Å². The summed E-state index contributed by atoms with van der Waals surface area (Å²) in [6.07, 6.45) is 4.41. The first-order chi connectivity index (χ1) is 13.6. The lowest BCUT2D eigenvalue weighted by molar-refractivity contribution is -0.134. The van der Waals surface area contributed by atoms with Gasteiger partial charge in [0.1, 0.15) is 6.04 Å². The molecule has 0 aliphatic carbocycles. The maximum absolute atomic E-state index is 13.0. The molecule has 6 nitrogen and oxygen atoms in total. The summed E-state index contributed by atoms with van der Waals surface area (Å²) in [6.45, 7) is 0.526. The minimum Gasteiger partial charge on any atom is -0.493 e. The summed E-state index contributed by atoms with van der Waals surface area (Å²) in [5, 5.41) is 2.58. The summed E-state index contributed by atoms with van der Waals surface area (Å²) < 4.78 is 10.7. The second-order valence-electron chi connectivity index (χ2n) is 6.85. The molecular formula is C21H22ClN3O3. The Kier molecular flexibility index (Phi) is 5.15. The molecule has 0 saturated carbocycles. The molecule has 0 bridgehead atoms. The van der Waals surface area contributed by atoms with Crippen LogP contribution in [0.2, 0.25) is 5.02 Å². The van der Waals surface area contributed by atoms with E-state index in [4.69, 9.17) is 21.1 Å². The van der Waals surface area contributed by atoms with E-state index in [1.165, 1.54) is 0 Å². The monoisotopic (exact) mass is 399 g/mol. The van der Waals surface area contributed by atoms with E-state index < -0.39 is 0 Å². The lowest BCUT2D eigenvalue weighted by Crippen LogP contribution is -2.47. The van der Waals surface area contributed by atoms with Crippen LogP contribution in [-0.2, 0) is 11.3 Å². The predicted molar refractivity (Wildman–Crippen MR) is 107 cm³/mol. The number of fused-ring (bicyclic) bond motifs is 1. The molecule has 2 aromatic carbocycles. The number of benzene rings is 2. The Labute approximate surface area is 169 Å². The van der Waals surface area contributed by atoms with Crippen molar-refractivity contribution >= 4 is 17.5 Å². The minimum atomic E-state index is -0.240. The molecule has 2 aromatic rings. The minimum absolute atomic E-state index is 0.0221. The van der Waals surface area contributed by atoms with Gasteiger partial charge in [0.2, 0.25) is 0 Å². The van der Waals surface area contributed by atoms with Gasteiger partial charge in [0, 0.05) is 17.4 Å². The molecule has 4 rings (SSSR count). The molecule has 0 spiro atoms. The summed E-state index contributed by atoms with van der Waals surface area (Å²) in [5.74, 6) is 1.44. The number of ether oxygens (including phenoxy) is 2. The van der Waals surface area contributed by atoms with Crippen molar-refractivity contribution < 1.29 is 14.3 Å². The fraction of sp³-hybridized carbons (Fsp3) is 0.286. The molecule has 7 heteroatoms. The molecule has 0 aromatic heterocycles. The van der Waals surface area contributed by atoms with Crippen LogP contribution in [0.4, 0.5) is 0 Å². The van der Waals surface area contributed by atoms with Crippen molar-refractivity contribution in [2.45, 2.75) is 25.0 Å². The van der Waals surface area contributed by atoms with Gasteiger partial charge in [-0.3, -0.25) is 4.79 Å². The first-order valence-electron chi connectivity index (χ1n) is 9.08. The predicted octanol–water partition coefficient (Wildman–Crippen LogP) is 3.49. The Morgan fingerprint density at radius 1 is 1.07 bits per heavy atom. The molecular weight excluding hydrogens is 378 g/mol. The largest absolute Gasteiger partial charge is 0.493 e. The van der Waals surface area contributed by atoms with E-state index in [1.807, 2.05) is 59.9 Å². The van der Waals surface area contributed by atoms with Crippen LogP contribution in [0.5, 0.6) is 11.5 Å². The highest BCUT2D eigenvalue weighted by Gasteiger charge is 2.40. The molecule has 2 aliphatic rings. The van der Waals surface area contributed by atoms with Gasteiger partial charge < -0.3 is 19.4 Å². The molecule has 1 fully saturated rings. The molecule has 2 unspecified atom stereocenters. The first-order valence-corrected chi connectivity index (χ1v) is 9.46. The average molecular weight is 400 g/mol. The van der Waals surface area contributed by atoms with Gasteiger partial charge in [0.25, 0.3) is 5.91 Å². The van der Waals surface area contributed by atoms with E-state index in [1.54, 1.807) is 19.1 Å². The second-order valence-corrected chi connectivity index (χ2v) is 7.28. The Balaban J connectivity index is 1.48. The zero-order valence-corrected chi connectivity index (χ0v) is 16.5. The number of carbonyl (C=O) groups excluding carboxylic acids is 1. The van der Waals surface area contributed by atoms with Gasteiger partial charge >= 0.3 is 0 Å². The number of hydrogen-bond donors (Lipinski definition) is 1. The van der Waals surface area contributed by atoms with Crippen molar-refractivity contribution in [3.63, 3.8) is 0 Å². The fourth-order valence-electron chi connectivity index (χ4n) is 3.64. The number of hydrazine groups is 1. The molecule has 2 aliphatic heterocycles. The number of halogens is 1. The first kappa shape index (κ1) is 18.7. The van der Waals surface area contributed by atoms with E-state index in [-0.39, 0.29) is 18.0 Å². The average Bonchev–Trinajstić information content (AvgIpc) is 3.16. The number of nitrogens with one attached hydrogen (secondary N) is 1. The maximum atomic E-state index is 13.0. The summed E-state index contributed by atoms with van der Waals surface area (Å²) in [4.78, 5) is 14.8. The summed E-state index contributed by atoms with van der Waals surface area (Å²) in [6, 6.07) is 13.2. The Morgan fingerprint density at radius 3 is 2.54 bits per heavy atom. The lowest BCUT2D eigenvalue weighted by atomic mass is 10.00. The van der Waals surface area contributed by atoms with E-state index in [0.29, 0.717) is 29.5 Å². The van der Waals surface area contributed by atoms with Crippen molar-refractivity contribution in [1.82, 2.24) is 15.3 Å². The van der Waals surface area contributed by atoms with Gasteiger partial charge in [-0.2, -0.15) is 0 Å². The third-order valence-electron chi connectivity index (χ3n) is 5.15. The molecule has 0 radical (unpaired) electrons. The van der Waals surface area contributed by atoms with Gasteiger partial charge in [-0.25, -0.2) is 5.43 Å². The fourth-order valence-corrected chi connectivity index (χ4v) is 3.77. The third-order valence-corrected chi connectivity index (χ3v) is 5.40. The van der Waals surface area contributed by atoms with Crippen molar-refractivity contribution in [3.8, 4) is 11.5 Å². The third kappa shape index (κ3) is 3.53. The quantitative estimate of drug-likeness (QED) is 0.834. The van der Waals surface area contributed by atoms with Gasteiger partial charge in [-0.05, 0) is 41.8 Å². The van der Waals surface area contributed by atoms with Gasteiger partial charge in [-0.15, -0.1) is 0 Å². The number of methoxy groups -OCH3 is 2. The SMILES string of the molecule is COc1ccc(C2CC3C(=O)N(Cc4ccc(Cl)cc4)C=CN3N2)cc1OC. The Hall–Kier alpha value is -2.70. The molecule has 1 saturated heterocycles. The number of amides is 1. The topological polar surface area (TPSA) is 54.0 Å². The Morgan fingerprint density at radius 2 is 1.82 bits per heavy atom. The molecule has 2 heterocycles. The van der Waals surface area contributed by atoms with E-state index in [0.717, 1.165) is 11.1 Å². The van der Waals surface area contributed by atoms with Gasteiger partial charge in [0.05, 0.1) is 26.8 Å². The maximum Gasteiger partial charge on any atom is 0.251 e. The zero-order chi connectivity index (χ0) is 19.7. The van der Waals surface area contributed by atoms with Crippen LogP contribution in [0, 0.1) is 0 Å². The molecule has 1 N–H and O–H groups in total. The lowest BCUT2D eigenvalue weighted by Gasteiger charge is -2.31. The number of hydrogen-bond acceptors (Lipinski definition) is 5. The Bertz CT molecular complexity index is 900. The highest BCUT2D eigenvalue weighted by Crippen LogP contribution is 2.35. The standard InChI is InChI=1S/C21H22ClN3O3/c1-27-19-8-5-15(11-20(19)28-2)17-12-18-21(26)24(9-10-25(18)23-17)13-14-3-6-16(22)7-4-14/h3-11,17-18,23H,12-13H2,1-2H3. The number of rotatable bonds is 5. The van der Waals surface area contributed by atoms with Crippen molar-refractivity contribution in [2.24, 2.45) is 0 Å². The van der Waals surface area contributed by atoms with Crippen LogP contribution in [0.15, 0.2) is 54.9 Å². The van der Waals surface area contributed by atoms with Crippen LogP contribution >= 0.6 is 11.6 Å². The zero-order valence-electron chi connectivity index (χ0n) is 15.8. The highest BCUT2D eigenvalue weighted by atomic mass is 35.5. The number of nitrogens with zero attached hydrogens (tertiary/aromatic N) is 2. The molecule has 146 valence electrons. The van der Waals surface area contributed by atoms with E-state index in [9.17, 15) is 4.79 Å². The second kappa shape index (κ2) is 7.73. The smallest absolute Gasteiger partial charge is 0.251 e. The summed E-state index contributed by atoms with van der Waals surface area (Å²) in [5.41, 5.74) is 5.50.